The number of halogens is 13. The molecule has 2 atom stereocenters. The van der Waals surface area contributed by atoms with E-state index < -0.39 is 87.2 Å². The molecule has 45 heteroatoms. The van der Waals surface area contributed by atoms with Crippen molar-refractivity contribution in [3.63, 3.8) is 0 Å². The molecule has 6 saturated carbocycles. The van der Waals surface area contributed by atoms with Crippen LogP contribution in [0.1, 0.15) is 357 Å². The van der Waals surface area contributed by atoms with Crippen LogP contribution in [-0.2, 0) is 23.8 Å². The van der Waals surface area contributed by atoms with E-state index in [9.17, 15) is 66.1 Å². The zero-order valence-electron chi connectivity index (χ0n) is 92.7. The van der Waals surface area contributed by atoms with Gasteiger partial charge in [0.1, 0.15) is 29.8 Å². The van der Waals surface area contributed by atoms with Crippen molar-refractivity contribution in [1.29, 1.82) is 10.5 Å². The van der Waals surface area contributed by atoms with Gasteiger partial charge in [0, 0.05) is 86.7 Å². The van der Waals surface area contributed by atoms with Crippen molar-refractivity contribution in [2.45, 2.75) is 495 Å². The summed E-state index contributed by atoms with van der Waals surface area (Å²) in [5.41, 5.74) is 126. The molecule has 0 radical (unpaired) electrons. The fourth-order valence-corrected chi connectivity index (χ4v) is 5.97. The first-order chi connectivity index (χ1) is 60.5. The minimum Gasteiger partial charge on any atom is -0.381 e. The maximum Gasteiger partial charge on any atom is 0.406 e. The van der Waals surface area contributed by atoms with Crippen LogP contribution in [0.4, 0.5) is 57.1 Å². The zero-order chi connectivity index (χ0) is 115. The van der Waals surface area contributed by atoms with Crippen molar-refractivity contribution in [3.05, 3.63) is 0 Å². The van der Waals surface area contributed by atoms with E-state index in [1.807, 2.05) is 137 Å². The predicted molar refractivity (Wildman–Crippen MR) is 561 cm³/mol. The molecule has 3 aliphatic heterocycles. The number of rotatable bonds is 7. The Morgan fingerprint density at radius 3 is 0.674 bits per heavy atom. The SMILES string of the molecule is C=S1(=O)CC(N)C1.CC(C)(C)CN.CC(C)(C)N.CC(C)(C)N.CC(C)(N)C#N.CC(C)(N)CF.CC(C)N.CC(C)N.CC1(N)CC1.CC1(N)CC1.CC1(N)CCC1.CC1(N)COC1.CCC(C)(C)N.CCC(C)(C)N.CCC(C)(C)N.CCN.CC[C@@H](N)C(F)(F)F.CC[C@H](N)C(F)(F)F.CN.N#CC1(N)CC1.NC(=O)C1(N)CC1.NC1(C(F)(F)F)CC1.NC1CCOCC1.NCC(F)(F)F. The van der Waals surface area contributed by atoms with E-state index in [2.05, 4.69) is 91.1 Å². The Labute approximate surface area is 831 Å². The van der Waals surface area contributed by atoms with E-state index in [1.54, 1.807) is 27.7 Å². The first kappa shape index (κ1) is 168. The van der Waals surface area contributed by atoms with E-state index in [4.69, 9.17) is 140 Å². The largest absolute Gasteiger partial charge is 0.406 e. The molecular weight excluding hydrogens is 1840 g/mol. The summed E-state index contributed by atoms with van der Waals surface area (Å²) >= 11 is 0. The van der Waals surface area contributed by atoms with Gasteiger partial charge in [0.05, 0.1) is 48.5 Å². The van der Waals surface area contributed by atoms with Crippen LogP contribution in [0.3, 0.4) is 0 Å². The fraction of sp³-hybridized carbons (Fsp3) is 0.957. The predicted octanol–water partition coefficient (Wildman–Crippen LogP) is 10.9. The topological polar surface area (TPSA) is 751 Å². The van der Waals surface area contributed by atoms with Gasteiger partial charge in [-0.05, 0) is 320 Å². The van der Waals surface area contributed by atoms with Gasteiger partial charge in [0.15, 0.2) is 0 Å². The third-order valence-corrected chi connectivity index (χ3v) is 18.4. The Morgan fingerprint density at radius 2 is 0.659 bits per heavy atom. The number of amides is 1. The van der Waals surface area contributed by atoms with Gasteiger partial charge in [0.25, 0.3) is 0 Å². The van der Waals surface area contributed by atoms with E-state index >= 15 is 0 Å². The van der Waals surface area contributed by atoms with Gasteiger partial charge in [-0.3, -0.25) is 9.00 Å². The summed E-state index contributed by atoms with van der Waals surface area (Å²) in [5, 5.41) is 16.1. The highest BCUT2D eigenvalue weighted by Crippen LogP contribution is 2.46. The summed E-state index contributed by atoms with van der Waals surface area (Å²) in [4.78, 5) is 10.2. The summed E-state index contributed by atoms with van der Waals surface area (Å²) < 4.78 is 166. The maximum absolute atomic E-state index is 11.5. The van der Waals surface area contributed by atoms with Gasteiger partial charge in [0.2, 0.25) is 5.91 Å². The number of nitriles is 2. The molecule has 0 aromatic rings. The number of nitrogens with two attached hydrogens (primary N) is 25. The number of primary amides is 1. The summed E-state index contributed by atoms with van der Waals surface area (Å²) in [5.74, 6) is 4.37. The lowest BCUT2D eigenvalue weighted by molar-refractivity contribution is -0.156. The van der Waals surface area contributed by atoms with Crippen molar-refractivity contribution in [2.75, 3.05) is 71.3 Å². The minimum atomic E-state index is -4.21. The Bertz CT molecular complexity index is 2690. The molecule has 3 saturated heterocycles. The Morgan fingerprint density at radius 1 is 0.457 bits per heavy atom. The van der Waals surface area contributed by atoms with E-state index in [1.165, 1.54) is 65.8 Å². The molecule has 3 heterocycles. The molecule has 0 aromatic carbocycles. The molecule has 0 spiro atoms. The summed E-state index contributed by atoms with van der Waals surface area (Å²) in [7, 11) is -0.156. The second-order valence-corrected chi connectivity index (χ2v) is 46.8. The first-order valence-electron chi connectivity index (χ1n) is 47.2. The fourth-order valence-electron chi connectivity index (χ4n) is 4.51. The molecule has 9 rings (SSSR count). The zero-order valence-corrected chi connectivity index (χ0v) is 93.5. The summed E-state index contributed by atoms with van der Waals surface area (Å²) in [6, 6.07) is 1.82. The molecule has 9 fully saturated rings. The van der Waals surface area contributed by atoms with Gasteiger partial charge in [-0.1, -0.05) is 90.0 Å². The lowest BCUT2D eigenvalue weighted by Crippen LogP contribution is -2.54. The highest BCUT2D eigenvalue weighted by molar-refractivity contribution is 8.01. The molecule has 0 unspecified atom stereocenters. The monoisotopic (exact) mass is 2060 g/mol. The summed E-state index contributed by atoms with van der Waals surface area (Å²) in [6.07, 6.45) is 0.564. The number of alkyl halides is 13. The lowest BCUT2D eigenvalue weighted by Gasteiger charge is -2.33. The molecule has 1 amide bonds. The summed E-state index contributed by atoms with van der Waals surface area (Å²) in [6.45, 7) is 66.9. The van der Waals surface area contributed by atoms with Crippen LogP contribution in [0.5, 0.6) is 0 Å². The first-order valence-corrected chi connectivity index (χ1v) is 49.2. The number of carbonyl (C=O) groups is 1. The number of carbonyl (C=O) groups excluding carboxylic acids is 1. The van der Waals surface area contributed by atoms with Crippen molar-refractivity contribution in [1.82, 2.24) is 0 Å². The van der Waals surface area contributed by atoms with Crippen LogP contribution in [-0.4, -0.2) is 226 Å². The van der Waals surface area contributed by atoms with Gasteiger partial charge >= 0.3 is 24.7 Å². The smallest absolute Gasteiger partial charge is 0.381 e. The molecule has 138 heavy (non-hydrogen) atoms. The van der Waals surface area contributed by atoms with Gasteiger partial charge in [-0.2, -0.15) is 63.2 Å². The van der Waals surface area contributed by atoms with Crippen LogP contribution < -0.4 is 143 Å². The number of ether oxygens (including phenoxy) is 2. The quantitative estimate of drug-likeness (QED) is 0.0831. The minimum absolute atomic E-state index is 0. The number of nitrogens with zero attached hydrogens (tertiary/aromatic N) is 2. The van der Waals surface area contributed by atoms with Crippen LogP contribution >= 0.6 is 0 Å². The lowest BCUT2D eigenvalue weighted by atomic mass is 9.80. The van der Waals surface area contributed by atoms with Gasteiger partial charge < -0.3 is 153 Å². The van der Waals surface area contributed by atoms with Gasteiger partial charge in [-0.25, -0.2) is 4.39 Å². The van der Waals surface area contributed by atoms with Crippen molar-refractivity contribution in [2.24, 2.45) is 149 Å². The van der Waals surface area contributed by atoms with Crippen LogP contribution in [0.25, 0.3) is 0 Å². The number of hydrogen-bond donors (Lipinski definition) is 25. The molecular formula is C93H220F13N27O4S. The second-order valence-electron chi connectivity index (χ2n) is 44.2. The van der Waals surface area contributed by atoms with Crippen molar-refractivity contribution < 1.29 is 75.6 Å². The van der Waals surface area contributed by atoms with Gasteiger partial charge in [-0.15, -0.1) is 0 Å². The second kappa shape index (κ2) is 79.7. The highest BCUT2D eigenvalue weighted by Gasteiger charge is 2.60. The van der Waals surface area contributed by atoms with E-state index in [0.717, 1.165) is 97.3 Å². The molecule has 6 aliphatic carbocycles. The third-order valence-electron chi connectivity index (χ3n) is 16.3. The molecule has 848 valence electrons. The van der Waals surface area contributed by atoms with Crippen molar-refractivity contribution >= 4 is 21.3 Å². The Hall–Kier alpha value is -3.48. The Kier molecular flexibility index (Phi) is 97.0. The van der Waals surface area contributed by atoms with Crippen LogP contribution in [0, 0.1) is 28.1 Å². The third kappa shape index (κ3) is 188. The maximum atomic E-state index is 11.5. The highest BCUT2D eigenvalue weighted by atomic mass is 32.2. The molecule has 31 nitrogen and oxygen atoms in total. The van der Waals surface area contributed by atoms with Crippen LogP contribution in [0.15, 0.2) is 0 Å². The van der Waals surface area contributed by atoms with Crippen LogP contribution in [0.2, 0.25) is 0 Å². The van der Waals surface area contributed by atoms with E-state index in [0.29, 0.717) is 35.0 Å². The standard InChI is InChI=1S/C5H11NO.C5H11N.4C5H13N.C4H6F3N.2C4H8F3N.C4H10FN.C4H8N2O.C4H6N2.C4H8N2.C4H9NOS.C4H9NO.2C4H9N.2C4H11N.2C3H9N.C2H4F3N.C2H7N.CH5N/c6-5-1-3-7-4-2-5;1-5(6)3-2-4-5;1-5(2,3)4-6;3*1-4-5(2,3)6;5-4(6,7)3(8)1-2-3;2*1-2-3(8)4(5,6)7;1-4(2,6)3-5;5-3(7)4(6)1-2-4;5-3-4(6)1-2-4;1-4(2,6)3-5;1-7(6)2-4(5)3-7;1-4(5)2-6-3-4;2*1-4(5)2-3-4;2*1-4(2,3)5;2*1-3(2)4;3-2(4,5)1-6;1-2-3;1-2/h5H,1-4,6H2;2-4,6H2,1H3;4*4,6H2,1-3H3;1-2,8H2;2*3H,2,8H2,1H3;3,6H2,1-2H3;1-2,6H2,(H2,5,7);1-2,6H2;6H2,1-2H3;4H,1-3,5H2;2-3,5H2,1H3;2*2-3,5H2,1H3;2*5H2,1-3H3;2*3H,4H2,1-2H3;1,6H2;2-3H2,1H3;2H2,1H3/t;;;;;;;2*3-;;;;;;;;;;;;;;;/m.......10.............../s1. The average Bonchev–Trinajstić information content (AvgIpc) is 1.63. The van der Waals surface area contributed by atoms with Crippen molar-refractivity contribution in [3.8, 4) is 12.1 Å². The molecule has 9 aliphatic rings. The molecule has 0 bridgehead atoms. The normalized spacial score (nSPS) is 19.4. The number of hydrogen-bond acceptors (Lipinski definition) is 30. The molecule has 0 aromatic heterocycles. The Balaban J connectivity index is -0.0000000883. The van der Waals surface area contributed by atoms with E-state index in [-0.39, 0.29) is 87.5 Å². The molecule has 50 N–H and O–H groups in total. The average molecular weight is 2060 g/mol.